The zero-order chi connectivity index (χ0) is 66.7. The Morgan fingerprint density at radius 1 is 0.453 bits per heavy atom. The molecular weight excluding hydrogens is 1100 g/mol. The van der Waals surface area contributed by atoms with Gasteiger partial charge in [-0.1, -0.05) is 109 Å². The molecule has 11 amide bonds. The van der Waals surface area contributed by atoms with Gasteiger partial charge in [0.1, 0.15) is 60.4 Å². The third-order valence-electron chi connectivity index (χ3n) is 16.3. The van der Waals surface area contributed by atoms with E-state index in [0.29, 0.717) is 6.42 Å². The van der Waals surface area contributed by atoms with Crippen molar-refractivity contribution < 1.29 is 57.8 Å². The van der Waals surface area contributed by atoms with Crippen molar-refractivity contribution in [3.8, 4) is 0 Å². The second kappa shape index (κ2) is 35.6. The number of aliphatic hydroxyl groups excluding tert-OH is 1. The van der Waals surface area contributed by atoms with Gasteiger partial charge in [-0.05, 0) is 107 Å². The van der Waals surface area contributed by atoms with Crippen molar-refractivity contribution in [2.24, 2.45) is 41.4 Å². The number of allylic oxidation sites excluding steroid dienone is 2. The molecule has 0 spiro atoms. The molecule has 0 unspecified atom stereocenters. The first-order chi connectivity index (χ1) is 39.7. The van der Waals surface area contributed by atoms with E-state index < -0.39 is 150 Å². The second-order valence-electron chi connectivity index (χ2n) is 26.5. The van der Waals surface area contributed by atoms with Crippen molar-refractivity contribution in [1.82, 2.24) is 55.6 Å². The summed E-state index contributed by atoms with van der Waals surface area (Å²) in [7, 11) is 9.90. The van der Waals surface area contributed by atoms with Crippen molar-refractivity contribution >= 4 is 65.0 Å². The maximum Gasteiger partial charge on any atom is 0.246 e. The van der Waals surface area contributed by atoms with E-state index in [2.05, 4.69) is 21.3 Å². The van der Waals surface area contributed by atoms with Crippen LogP contribution < -0.4 is 21.3 Å². The highest BCUT2D eigenvalue weighted by Gasteiger charge is 2.45. The van der Waals surface area contributed by atoms with Gasteiger partial charge >= 0.3 is 0 Å². The summed E-state index contributed by atoms with van der Waals surface area (Å²) in [5, 5.41) is 23.2. The first-order valence-corrected chi connectivity index (χ1v) is 31.0. The van der Waals surface area contributed by atoms with E-state index in [0.717, 1.165) is 14.7 Å². The average molecular weight is 1220 g/mol. The van der Waals surface area contributed by atoms with Crippen molar-refractivity contribution in [1.29, 1.82) is 0 Å². The minimum absolute atomic E-state index is 0.0234. The van der Waals surface area contributed by atoms with Gasteiger partial charge in [-0.25, -0.2) is 0 Å². The minimum atomic E-state index is -1.61. The van der Waals surface area contributed by atoms with Crippen molar-refractivity contribution in [2.75, 3.05) is 55.9 Å². The molecular formula is C63H113N11O12. The molecule has 1 heterocycles. The number of carbonyl (C=O) groups is 11. The fourth-order valence-electron chi connectivity index (χ4n) is 10.8. The largest absolute Gasteiger partial charge is 0.390 e. The lowest BCUT2D eigenvalue weighted by Crippen LogP contribution is -2.63. The minimum Gasteiger partial charge on any atom is -0.390 e. The number of rotatable bonds is 16. The number of nitrogens with zero attached hydrogens (tertiary/aromatic N) is 7. The monoisotopic (exact) mass is 1220 g/mol. The molecule has 12 atom stereocenters. The summed E-state index contributed by atoms with van der Waals surface area (Å²) in [5.41, 5.74) is 0. The molecule has 1 aliphatic rings. The van der Waals surface area contributed by atoms with Gasteiger partial charge in [0.2, 0.25) is 65.0 Å². The maximum atomic E-state index is 15.1. The van der Waals surface area contributed by atoms with Crippen molar-refractivity contribution in [3.05, 3.63) is 12.2 Å². The molecule has 0 radical (unpaired) electrons. The first-order valence-electron chi connectivity index (χ1n) is 31.0. The maximum absolute atomic E-state index is 15.1. The quantitative estimate of drug-likeness (QED) is 0.139. The molecule has 1 fully saturated rings. The molecule has 0 aromatic heterocycles. The Kier molecular flexibility index (Phi) is 32.3. The van der Waals surface area contributed by atoms with Crippen LogP contribution in [-0.4, -0.2) is 227 Å². The van der Waals surface area contributed by atoms with Gasteiger partial charge in [0.25, 0.3) is 0 Å². The van der Waals surface area contributed by atoms with Crippen LogP contribution in [0.1, 0.15) is 163 Å². The molecule has 1 rings (SSSR count). The first kappa shape index (κ1) is 77.9. The van der Waals surface area contributed by atoms with Gasteiger partial charge in [-0.15, -0.1) is 0 Å². The fourth-order valence-corrected chi connectivity index (χ4v) is 10.8. The lowest BCUT2D eigenvalue weighted by molar-refractivity contribution is -0.157. The molecule has 0 aromatic rings. The summed E-state index contributed by atoms with van der Waals surface area (Å²) in [6.07, 6.45) is 3.19. The van der Waals surface area contributed by atoms with Gasteiger partial charge in [0.15, 0.2) is 0 Å². The van der Waals surface area contributed by atoms with Gasteiger partial charge in [-0.2, -0.15) is 0 Å². The van der Waals surface area contributed by atoms with Crippen LogP contribution in [0.5, 0.6) is 0 Å². The SMILES string of the molecule is C/C=C/C[C@@H](C)[C@@H](O)[C@H]1C(=O)N[C@@H](CC)C(=O)N(C)CC(=O)N(C)[C@H](C)C(=O)N[C@@H](CC(C)C)C(=O)N(C)[C@@H](CC(C)C)C(=O)N[C@@H](CC(C)C)C(=O)N[C@H](C)C(=O)N(C)[C@@H](CC(C)C)C(=O)N(C)[C@@H](CC(C)C)C(=O)N(C)[C@@H](C(C)C)C(=O)N1C. The Balaban J connectivity index is 4.34. The average Bonchev–Trinajstić information content (AvgIpc) is 1.32. The molecule has 1 saturated heterocycles. The zero-order valence-corrected chi connectivity index (χ0v) is 56.8. The molecule has 1 aliphatic heterocycles. The van der Waals surface area contributed by atoms with E-state index in [1.165, 1.54) is 82.8 Å². The molecule has 0 aromatic carbocycles. The normalized spacial score (nSPS) is 26.7. The summed E-state index contributed by atoms with van der Waals surface area (Å²) >= 11 is 0. The molecule has 86 heavy (non-hydrogen) atoms. The van der Waals surface area contributed by atoms with Gasteiger partial charge in [0, 0.05) is 49.3 Å². The number of amides is 11. The van der Waals surface area contributed by atoms with E-state index in [-0.39, 0.29) is 68.1 Å². The molecule has 23 nitrogen and oxygen atoms in total. The number of aliphatic hydroxyl groups is 1. The van der Waals surface area contributed by atoms with Crippen LogP contribution in [-0.2, 0) is 52.7 Å². The van der Waals surface area contributed by atoms with E-state index in [1.54, 1.807) is 46.8 Å². The summed E-state index contributed by atoms with van der Waals surface area (Å²) in [5.74, 6) is -9.28. The van der Waals surface area contributed by atoms with Crippen LogP contribution in [0.3, 0.4) is 0 Å². The molecule has 23 heteroatoms. The Morgan fingerprint density at radius 2 is 0.872 bits per heavy atom. The van der Waals surface area contributed by atoms with Gasteiger partial charge in [-0.3, -0.25) is 52.7 Å². The second-order valence-corrected chi connectivity index (χ2v) is 26.5. The van der Waals surface area contributed by atoms with Crippen LogP contribution in [0.4, 0.5) is 0 Å². The highest BCUT2D eigenvalue weighted by molar-refractivity contribution is 5.99. The van der Waals surface area contributed by atoms with Crippen LogP contribution in [0, 0.1) is 41.4 Å². The van der Waals surface area contributed by atoms with E-state index in [4.69, 9.17) is 0 Å². The third kappa shape index (κ3) is 22.2. The fraction of sp³-hybridized carbons (Fsp3) is 0.794. The zero-order valence-electron chi connectivity index (χ0n) is 56.8. The summed E-state index contributed by atoms with van der Waals surface area (Å²) in [4.78, 5) is 169. The Labute approximate surface area is 515 Å². The predicted octanol–water partition coefficient (Wildman–Crippen LogP) is 3.66. The standard InChI is InChI=1S/C63H113N11O12/c1-25-27-28-41(15)53(76)52-57(80)65-44(26-2)59(82)68(18)34-50(75)69(19)43(17)54(77)67-46(30-36(5)6)60(83)70(20)47(31-37(7)8)56(79)66-45(29-35(3)4)55(78)64-42(16)58(81)71(21)48(32-38(9)10)61(84)72(22)49(33-39(11)12)62(85)73(23)51(40(13)14)63(86)74(52)24/h25,27,35-49,51-53,76H,26,28-34H2,1-24H3,(H,64,78)(H,65,80)(H,66,79)(H,67,77)/b27-25+/t41-,42-,43-,44+,45+,46+,47+,48+,49+,51+,52+,53-/m1/s1. The molecule has 492 valence electrons. The summed E-state index contributed by atoms with van der Waals surface area (Å²) < 4.78 is 0. The van der Waals surface area contributed by atoms with Crippen molar-refractivity contribution in [3.63, 3.8) is 0 Å². The predicted molar refractivity (Wildman–Crippen MR) is 333 cm³/mol. The van der Waals surface area contributed by atoms with Crippen LogP contribution >= 0.6 is 0 Å². The highest BCUT2D eigenvalue weighted by Crippen LogP contribution is 2.25. The van der Waals surface area contributed by atoms with Crippen LogP contribution in [0.2, 0.25) is 0 Å². The molecule has 0 bridgehead atoms. The topological polar surface area (TPSA) is 279 Å². The molecule has 5 N–H and O–H groups in total. The number of nitrogens with one attached hydrogen (secondary N) is 4. The highest BCUT2D eigenvalue weighted by atomic mass is 16.3. The van der Waals surface area contributed by atoms with E-state index >= 15 is 14.4 Å². The molecule has 0 aliphatic carbocycles. The van der Waals surface area contributed by atoms with Crippen LogP contribution in [0.15, 0.2) is 12.2 Å². The summed E-state index contributed by atoms with van der Waals surface area (Å²) in [6, 6.07) is -12.3. The number of carbonyl (C=O) groups excluding carboxylic acids is 11. The number of hydrogen-bond donors (Lipinski definition) is 5. The van der Waals surface area contributed by atoms with Crippen LogP contribution in [0.25, 0.3) is 0 Å². The lowest BCUT2D eigenvalue weighted by Gasteiger charge is -2.41. The summed E-state index contributed by atoms with van der Waals surface area (Å²) in [6.45, 7) is 29.7. The number of likely N-dealkylation sites (N-methyl/N-ethyl adjacent to an activating group) is 7. The van der Waals surface area contributed by atoms with E-state index in [9.17, 15) is 43.5 Å². The smallest absolute Gasteiger partial charge is 0.246 e. The van der Waals surface area contributed by atoms with Gasteiger partial charge in [0.05, 0.1) is 12.6 Å². The lowest BCUT2D eigenvalue weighted by atomic mass is 9.91. The Morgan fingerprint density at radius 3 is 1.34 bits per heavy atom. The number of hydrogen-bond acceptors (Lipinski definition) is 12. The third-order valence-corrected chi connectivity index (χ3v) is 16.3. The Hall–Kier alpha value is -6.13. The molecule has 0 saturated carbocycles. The van der Waals surface area contributed by atoms with E-state index in [1.807, 2.05) is 69.2 Å². The Bertz CT molecular complexity index is 2340. The van der Waals surface area contributed by atoms with Crippen molar-refractivity contribution in [2.45, 2.75) is 229 Å². The van der Waals surface area contributed by atoms with Gasteiger partial charge < -0.3 is 60.7 Å².